The Hall–Kier alpha value is -2.94. The molecule has 8 nitrogen and oxygen atoms in total. The highest BCUT2D eigenvalue weighted by Gasteiger charge is 2.18. The van der Waals surface area contributed by atoms with Crippen LogP contribution in [0.25, 0.3) is 11.0 Å². The van der Waals surface area contributed by atoms with Gasteiger partial charge in [0.05, 0.1) is 12.6 Å². The van der Waals surface area contributed by atoms with Crippen molar-refractivity contribution in [3.8, 4) is 5.75 Å². The Morgan fingerprint density at radius 2 is 1.96 bits per heavy atom. The number of benzene rings is 1. The van der Waals surface area contributed by atoms with Gasteiger partial charge in [-0.15, -0.1) is 0 Å². The minimum absolute atomic E-state index is 0.184. The van der Waals surface area contributed by atoms with Gasteiger partial charge in [-0.05, 0) is 43.1 Å². The predicted octanol–water partition coefficient (Wildman–Crippen LogP) is 1.53. The van der Waals surface area contributed by atoms with Crippen molar-refractivity contribution in [2.24, 2.45) is 0 Å². The lowest BCUT2D eigenvalue weighted by Gasteiger charge is -2.14. The number of hydrogen-bond acceptors (Lipinski definition) is 6. The quantitative estimate of drug-likeness (QED) is 0.691. The Balaban J connectivity index is 1.83. The summed E-state index contributed by atoms with van der Waals surface area (Å²) in [6.07, 6.45) is 0. The molecule has 0 fully saturated rings. The lowest BCUT2D eigenvalue weighted by molar-refractivity contribution is -0.121. The molecule has 0 aliphatic rings. The SMILES string of the molecule is COc1ccc(CNC(=O)Cn2c(=O)n(C(C)C)c(=O)c3nscc32)cc1. The number of amides is 1. The normalized spacial score (nSPS) is 11.1. The fourth-order valence-electron chi connectivity index (χ4n) is 2.76. The topological polar surface area (TPSA) is 95.2 Å². The molecule has 9 heteroatoms. The van der Waals surface area contributed by atoms with Crippen molar-refractivity contribution >= 4 is 28.5 Å². The minimum Gasteiger partial charge on any atom is -0.497 e. The number of fused-ring (bicyclic) bond motifs is 1. The van der Waals surface area contributed by atoms with E-state index in [1.54, 1.807) is 26.3 Å². The fourth-order valence-corrected chi connectivity index (χ4v) is 3.43. The number of nitrogens with zero attached hydrogens (tertiary/aromatic N) is 3. The van der Waals surface area contributed by atoms with Crippen LogP contribution >= 0.6 is 11.5 Å². The summed E-state index contributed by atoms with van der Waals surface area (Å²) < 4.78 is 11.6. The molecular weight excluding hydrogens is 368 g/mol. The van der Waals surface area contributed by atoms with Gasteiger partial charge in [0, 0.05) is 18.0 Å². The predicted molar refractivity (Wildman–Crippen MR) is 103 cm³/mol. The third-order valence-corrected chi connectivity index (χ3v) is 4.78. The molecule has 142 valence electrons. The first kappa shape index (κ1) is 18.8. The van der Waals surface area contributed by atoms with Crippen LogP contribution in [0.3, 0.4) is 0 Å². The number of aromatic nitrogens is 3. The molecule has 27 heavy (non-hydrogen) atoms. The molecule has 1 amide bonds. The number of hydrogen-bond donors (Lipinski definition) is 1. The minimum atomic E-state index is -0.512. The van der Waals surface area contributed by atoms with Crippen molar-refractivity contribution in [3.63, 3.8) is 0 Å². The van der Waals surface area contributed by atoms with Gasteiger partial charge in [-0.2, -0.15) is 4.37 Å². The van der Waals surface area contributed by atoms with E-state index in [4.69, 9.17) is 4.74 Å². The first-order valence-electron chi connectivity index (χ1n) is 8.41. The van der Waals surface area contributed by atoms with Crippen molar-refractivity contribution in [2.45, 2.75) is 33.0 Å². The monoisotopic (exact) mass is 388 g/mol. The van der Waals surface area contributed by atoms with E-state index in [9.17, 15) is 14.4 Å². The largest absolute Gasteiger partial charge is 0.497 e. The summed E-state index contributed by atoms with van der Waals surface area (Å²) in [7, 11) is 1.59. The molecule has 0 saturated carbocycles. The van der Waals surface area contributed by atoms with Gasteiger partial charge >= 0.3 is 5.69 Å². The summed E-state index contributed by atoms with van der Waals surface area (Å²) in [5.41, 5.74) is 0.553. The molecule has 0 aliphatic heterocycles. The van der Waals surface area contributed by atoms with Crippen LogP contribution in [0.15, 0.2) is 39.2 Å². The Kier molecular flexibility index (Phi) is 5.41. The first-order chi connectivity index (χ1) is 12.9. The number of ether oxygens (including phenoxy) is 1. The maximum Gasteiger partial charge on any atom is 0.332 e. The van der Waals surface area contributed by atoms with Crippen LogP contribution in [-0.2, 0) is 17.9 Å². The summed E-state index contributed by atoms with van der Waals surface area (Å²) in [5, 5.41) is 4.40. The summed E-state index contributed by atoms with van der Waals surface area (Å²) in [4.78, 5) is 37.6. The number of rotatable bonds is 6. The molecule has 3 aromatic rings. The molecule has 2 heterocycles. The second-order valence-corrected chi connectivity index (χ2v) is 6.94. The van der Waals surface area contributed by atoms with E-state index in [-0.39, 0.29) is 24.0 Å². The van der Waals surface area contributed by atoms with E-state index in [2.05, 4.69) is 9.69 Å². The van der Waals surface area contributed by atoms with Crippen molar-refractivity contribution in [2.75, 3.05) is 7.11 Å². The second kappa shape index (κ2) is 7.75. The summed E-state index contributed by atoms with van der Waals surface area (Å²) in [6, 6.07) is 7.00. The maximum atomic E-state index is 12.7. The van der Waals surface area contributed by atoms with Crippen molar-refractivity contribution in [3.05, 3.63) is 56.0 Å². The third-order valence-electron chi connectivity index (χ3n) is 4.17. The number of carbonyl (C=O) groups is 1. The van der Waals surface area contributed by atoms with E-state index in [1.165, 1.54) is 4.57 Å². The molecule has 0 unspecified atom stereocenters. The van der Waals surface area contributed by atoms with Crippen LogP contribution in [0.2, 0.25) is 0 Å². The highest BCUT2D eigenvalue weighted by atomic mass is 32.1. The summed E-state index contributed by atoms with van der Waals surface area (Å²) in [6.45, 7) is 3.63. The molecular formula is C18H20N4O4S. The average Bonchev–Trinajstić information content (AvgIpc) is 3.14. The van der Waals surface area contributed by atoms with Crippen LogP contribution in [0.4, 0.5) is 0 Å². The molecule has 3 rings (SSSR count). The molecule has 0 aliphatic carbocycles. The lowest BCUT2D eigenvalue weighted by atomic mass is 10.2. The molecule has 1 aromatic carbocycles. The molecule has 0 spiro atoms. The number of carbonyl (C=O) groups excluding carboxylic acids is 1. The van der Waals surface area contributed by atoms with Crippen LogP contribution in [-0.4, -0.2) is 26.5 Å². The van der Waals surface area contributed by atoms with Crippen LogP contribution in [0.5, 0.6) is 5.75 Å². The van der Waals surface area contributed by atoms with Crippen molar-refractivity contribution in [1.82, 2.24) is 18.8 Å². The highest BCUT2D eigenvalue weighted by Crippen LogP contribution is 2.12. The van der Waals surface area contributed by atoms with Gasteiger partial charge < -0.3 is 10.1 Å². The van der Waals surface area contributed by atoms with E-state index < -0.39 is 11.2 Å². The van der Waals surface area contributed by atoms with Crippen molar-refractivity contribution < 1.29 is 9.53 Å². The van der Waals surface area contributed by atoms with E-state index in [1.807, 2.05) is 24.3 Å². The molecule has 0 atom stereocenters. The Labute approximate surface area is 159 Å². The van der Waals surface area contributed by atoms with Crippen molar-refractivity contribution in [1.29, 1.82) is 0 Å². The van der Waals surface area contributed by atoms with Gasteiger partial charge in [0.15, 0.2) is 5.52 Å². The third kappa shape index (κ3) is 3.77. The standard InChI is InChI=1S/C18H20N4O4S/c1-11(2)22-17(24)16-14(10-27-20-16)21(18(22)25)9-15(23)19-8-12-4-6-13(26-3)7-5-12/h4-7,10-11H,8-9H2,1-3H3,(H,19,23). The van der Waals surface area contributed by atoms with Gasteiger partial charge in [-0.25, -0.2) is 4.79 Å². The number of nitrogens with one attached hydrogen (secondary N) is 1. The van der Waals surface area contributed by atoms with Gasteiger partial charge in [-0.3, -0.25) is 18.7 Å². The van der Waals surface area contributed by atoms with E-state index in [0.29, 0.717) is 12.1 Å². The van der Waals surface area contributed by atoms with Crippen LogP contribution < -0.4 is 21.3 Å². The molecule has 0 radical (unpaired) electrons. The summed E-state index contributed by atoms with van der Waals surface area (Å²) >= 11 is 1.08. The first-order valence-corrected chi connectivity index (χ1v) is 9.25. The fraction of sp³-hybridized carbons (Fsp3) is 0.333. The average molecular weight is 388 g/mol. The maximum absolute atomic E-state index is 12.7. The molecule has 0 bridgehead atoms. The Morgan fingerprint density at radius 3 is 2.59 bits per heavy atom. The molecule has 1 N–H and O–H groups in total. The van der Waals surface area contributed by atoms with Gasteiger partial charge in [-0.1, -0.05) is 12.1 Å². The van der Waals surface area contributed by atoms with Gasteiger partial charge in [0.2, 0.25) is 5.91 Å². The zero-order valence-corrected chi connectivity index (χ0v) is 16.1. The zero-order valence-electron chi connectivity index (χ0n) is 15.3. The van der Waals surface area contributed by atoms with E-state index >= 15 is 0 Å². The van der Waals surface area contributed by atoms with E-state index in [0.717, 1.165) is 27.4 Å². The van der Waals surface area contributed by atoms with Gasteiger partial charge in [0.25, 0.3) is 5.56 Å². The van der Waals surface area contributed by atoms with Crippen LogP contribution in [0.1, 0.15) is 25.5 Å². The Morgan fingerprint density at radius 1 is 1.26 bits per heavy atom. The van der Waals surface area contributed by atoms with Crippen LogP contribution in [0, 0.1) is 0 Å². The smallest absolute Gasteiger partial charge is 0.332 e. The van der Waals surface area contributed by atoms with Gasteiger partial charge in [0.1, 0.15) is 12.3 Å². The number of methoxy groups -OCH3 is 1. The Bertz CT molecular complexity index is 1080. The highest BCUT2D eigenvalue weighted by molar-refractivity contribution is 7.04. The second-order valence-electron chi connectivity index (χ2n) is 6.31. The lowest BCUT2D eigenvalue weighted by Crippen LogP contribution is -2.43. The zero-order chi connectivity index (χ0) is 19.6. The summed E-state index contributed by atoms with van der Waals surface area (Å²) in [5.74, 6) is 0.411. The molecule has 0 saturated heterocycles. The molecule has 2 aromatic heterocycles.